The molecule has 0 atom stereocenters. The van der Waals surface area contributed by atoms with Gasteiger partial charge in [0.25, 0.3) is 11.1 Å². The topological polar surface area (TPSA) is 75.7 Å². The average Bonchev–Trinajstić information content (AvgIpc) is 3.05. The number of nitrogens with one attached hydrogen (secondary N) is 1. The number of aryl methyl sites for hydroxylation is 2. The highest BCUT2D eigenvalue weighted by Gasteiger charge is 2.36. The standard InChI is InChI=1S/C26H24N2O4S/c1-4-32-21-13-12-18-10-5-6-11-19(18)20(21)14-22-25(30)28(26(31)33-22)15-23(29)27-24-16(2)8-7-9-17(24)3/h5-14H,4,15H2,1-3H3,(H,27,29)/b22-14+. The highest BCUT2D eigenvalue weighted by atomic mass is 32.2. The lowest BCUT2D eigenvalue weighted by atomic mass is 10.0. The monoisotopic (exact) mass is 460 g/mol. The number of hydrogen-bond acceptors (Lipinski definition) is 5. The first-order valence-corrected chi connectivity index (χ1v) is 11.5. The van der Waals surface area contributed by atoms with Gasteiger partial charge in [-0.2, -0.15) is 0 Å². The Kier molecular flexibility index (Phi) is 6.51. The molecule has 0 aliphatic carbocycles. The molecule has 0 radical (unpaired) electrons. The molecule has 3 aromatic rings. The number of anilines is 1. The van der Waals surface area contributed by atoms with Crippen LogP contribution >= 0.6 is 11.8 Å². The van der Waals surface area contributed by atoms with Crippen molar-refractivity contribution in [1.29, 1.82) is 0 Å². The van der Waals surface area contributed by atoms with E-state index in [2.05, 4.69) is 5.32 Å². The Morgan fingerprint density at radius 1 is 1.03 bits per heavy atom. The number of imide groups is 1. The summed E-state index contributed by atoms with van der Waals surface area (Å²) in [7, 11) is 0. The van der Waals surface area contributed by atoms with Crippen LogP contribution < -0.4 is 10.1 Å². The largest absolute Gasteiger partial charge is 0.493 e. The summed E-state index contributed by atoms with van der Waals surface area (Å²) < 4.78 is 5.77. The van der Waals surface area contributed by atoms with Gasteiger partial charge >= 0.3 is 0 Å². The van der Waals surface area contributed by atoms with E-state index in [-0.39, 0.29) is 11.4 Å². The Morgan fingerprint density at radius 3 is 2.48 bits per heavy atom. The first-order valence-electron chi connectivity index (χ1n) is 10.6. The fourth-order valence-electron chi connectivity index (χ4n) is 3.81. The first-order chi connectivity index (χ1) is 15.9. The van der Waals surface area contributed by atoms with E-state index in [1.54, 1.807) is 6.08 Å². The van der Waals surface area contributed by atoms with Crippen LogP contribution in [-0.4, -0.2) is 35.1 Å². The minimum Gasteiger partial charge on any atom is -0.493 e. The van der Waals surface area contributed by atoms with E-state index in [9.17, 15) is 14.4 Å². The molecule has 0 aromatic heterocycles. The minimum absolute atomic E-state index is 0.261. The molecule has 1 saturated heterocycles. The van der Waals surface area contributed by atoms with E-state index in [1.165, 1.54) is 0 Å². The molecule has 1 aliphatic rings. The lowest BCUT2D eigenvalue weighted by molar-refractivity contribution is -0.127. The van der Waals surface area contributed by atoms with Crippen LogP contribution in [0.25, 0.3) is 16.8 Å². The summed E-state index contributed by atoms with van der Waals surface area (Å²) in [5.74, 6) is -0.274. The number of benzene rings is 3. The maximum Gasteiger partial charge on any atom is 0.294 e. The van der Waals surface area contributed by atoms with E-state index in [4.69, 9.17) is 4.74 Å². The quantitative estimate of drug-likeness (QED) is 0.490. The number of thioether (sulfide) groups is 1. The molecular weight excluding hydrogens is 436 g/mol. The second kappa shape index (κ2) is 9.50. The third kappa shape index (κ3) is 4.64. The fraction of sp³-hybridized carbons (Fsp3) is 0.192. The van der Waals surface area contributed by atoms with E-state index >= 15 is 0 Å². The third-order valence-electron chi connectivity index (χ3n) is 5.43. The smallest absolute Gasteiger partial charge is 0.294 e. The van der Waals surface area contributed by atoms with Gasteiger partial charge in [0.2, 0.25) is 5.91 Å². The first kappa shape index (κ1) is 22.6. The van der Waals surface area contributed by atoms with Crippen LogP contribution in [0.2, 0.25) is 0 Å². The molecule has 1 fully saturated rings. The van der Waals surface area contributed by atoms with Crippen LogP contribution in [0, 0.1) is 13.8 Å². The van der Waals surface area contributed by atoms with Crippen LogP contribution in [0.15, 0.2) is 59.5 Å². The molecule has 1 heterocycles. The Hall–Kier alpha value is -3.58. The summed E-state index contributed by atoms with van der Waals surface area (Å²) in [5.41, 5.74) is 3.26. The molecule has 0 bridgehead atoms. The summed E-state index contributed by atoms with van der Waals surface area (Å²) in [6.07, 6.45) is 1.68. The predicted molar refractivity (Wildman–Crippen MR) is 132 cm³/mol. The Bertz CT molecular complexity index is 1280. The van der Waals surface area contributed by atoms with Crippen LogP contribution in [0.3, 0.4) is 0 Å². The van der Waals surface area contributed by atoms with Gasteiger partial charge in [-0.15, -0.1) is 0 Å². The maximum absolute atomic E-state index is 13.0. The van der Waals surface area contributed by atoms with Crippen molar-refractivity contribution < 1.29 is 19.1 Å². The molecule has 0 saturated carbocycles. The number of hydrogen-bond donors (Lipinski definition) is 1. The van der Waals surface area contributed by atoms with Crippen LogP contribution in [-0.2, 0) is 9.59 Å². The van der Waals surface area contributed by atoms with Gasteiger partial charge in [-0.05, 0) is 66.6 Å². The average molecular weight is 461 g/mol. The van der Waals surface area contributed by atoms with Gasteiger partial charge in [-0.25, -0.2) is 0 Å². The van der Waals surface area contributed by atoms with Gasteiger partial charge in [0, 0.05) is 11.3 Å². The highest BCUT2D eigenvalue weighted by Crippen LogP contribution is 2.36. The molecule has 6 nitrogen and oxygen atoms in total. The summed E-state index contributed by atoms with van der Waals surface area (Å²) in [6, 6.07) is 17.3. The van der Waals surface area contributed by atoms with Gasteiger partial charge in [-0.3, -0.25) is 19.3 Å². The molecule has 7 heteroatoms. The number of ether oxygens (including phenoxy) is 1. The van der Waals surface area contributed by atoms with Gasteiger partial charge in [0.15, 0.2) is 0 Å². The van der Waals surface area contributed by atoms with Gasteiger partial charge in [0.05, 0.1) is 11.5 Å². The van der Waals surface area contributed by atoms with Crippen molar-refractivity contribution in [1.82, 2.24) is 4.90 Å². The van der Waals surface area contributed by atoms with Crippen molar-refractivity contribution in [2.24, 2.45) is 0 Å². The summed E-state index contributed by atoms with van der Waals surface area (Å²) in [5, 5.41) is 4.28. The molecule has 0 unspecified atom stereocenters. The second-order valence-electron chi connectivity index (χ2n) is 7.71. The number of carbonyl (C=O) groups is 3. The molecule has 33 heavy (non-hydrogen) atoms. The van der Waals surface area contributed by atoms with E-state index in [0.717, 1.165) is 44.1 Å². The van der Waals surface area contributed by atoms with Crippen molar-refractivity contribution in [3.63, 3.8) is 0 Å². The van der Waals surface area contributed by atoms with Crippen molar-refractivity contribution >= 4 is 51.4 Å². The summed E-state index contributed by atoms with van der Waals surface area (Å²) >= 11 is 0.830. The summed E-state index contributed by atoms with van der Waals surface area (Å²) in [6.45, 7) is 5.81. The zero-order chi connectivity index (χ0) is 23.5. The molecule has 3 amide bonds. The molecule has 0 spiro atoms. The fourth-order valence-corrected chi connectivity index (χ4v) is 4.63. The van der Waals surface area contributed by atoms with Gasteiger partial charge < -0.3 is 10.1 Å². The molecule has 1 aliphatic heterocycles. The van der Waals surface area contributed by atoms with Crippen LogP contribution in [0.5, 0.6) is 5.75 Å². The number of fused-ring (bicyclic) bond motifs is 1. The molecule has 3 aromatic carbocycles. The lowest BCUT2D eigenvalue weighted by Gasteiger charge is -2.15. The predicted octanol–water partition coefficient (Wildman–Crippen LogP) is 5.53. The third-order valence-corrected chi connectivity index (χ3v) is 6.33. The highest BCUT2D eigenvalue weighted by molar-refractivity contribution is 8.18. The molecule has 1 N–H and O–H groups in total. The molecule has 168 valence electrons. The minimum atomic E-state index is -0.489. The molecule has 4 rings (SSSR count). The van der Waals surface area contributed by atoms with E-state index in [0.29, 0.717) is 18.0 Å². The van der Waals surface area contributed by atoms with Crippen LogP contribution in [0.4, 0.5) is 10.5 Å². The molecular formula is C26H24N2O4S. The van der Waals surface area contributed by atoms with Crippen molar-refractivity contribution in [2.45, 2.75) is 20.8 Å². The second-order valence-corrected chi connectivity index (χ2v) is 8.71. The van der Waals surface area contributed by atoms with Crippen molar-refractivity contribution in [3.05, 3.63) is 76.2 Å². The number of rotatable bonds is 6. The zero-order valence-corrected chi connectivity index (χ0v) is 19.5. The number of nitrogens with zero attached hydrogens (tertiary/aromatic N) is 1. The van der Waals surface area contributed by atoms with Gasteiger partial charge in [-0.1, -0.05) is 48.5 Å². The van der Waals surface area contributed by atoms with Gasteiger partial charge in [0.1, 0.15) is 12.3 Å². The van der Waals surface area contributed by atoms with Crippen LogP contribution in [0.1, 0.15) is 23.6 Å². The van der Waals surface area contributed by atoms with E-state index < -0.39 is 17.1 Å². The van der Waals surface area contributed by atoms with Crippen molar-refractivity contribution in [3.8, 4) is 5.75 Å². The van der Waals surface area contributed by atoms with E-state index in [1.807, 2.05) is 75.4 Å². The number of carbonyl (C=O) groups excluding carboxylic acids is 3. The number of amides is 3. The Morgan fingerprint density at radius 2 is 1.76 bits per heavy atom. The lowest BCUT2D eigenvalue weighted by Crippen LogP contribution is -2.36. The Balaban J connectivity index is 1.60. The SMILES string of the molecule is CCOc1ccc2ccccc2c1/C=C1/SC(=O)N(CC(=O)Nc2c(C)cccc2C)C1=O. The summed E-state index contributed by atoms with van der Waals surface area (Å²) in [4.78, 5) is 39.5. The van der Waals surface area contributed by atoms with Crippen molar-refractivity contribution in [2.75, 3.05) is 18.5 Å². The number of para-hydroxylation sites is 1. The maximum atomic E-state index is 13.0. The zero-order valence-electron chi connectivity index (χ0n) is 18.7. The normalized spacial score (nSPS) is 14.9. The Labute approximate surface area is 196 Å².